The summed E-state index contributed by atoms with van der Waals surface area (Å²) in [6.45, 7) is 1.25. The number of likely N-dealkylation sites (tertiary alicyclic amines) is 1. The smallest absolute Gasteiger partial charge is 0.257 e. The molecule has 4 nitrogen and oxygen atoms in total. The van der Waals surface area contributed by atoms with E-state index in [1.54, 1.807) is 23.1 Å². The van der Waals surface area contributed by atoms with Crippen molar-refractivity contribution in [2.75, 3.05) is 13.1 Å². The molecule has 0 unspecified atom stereocenters. The van der Waals surface area contributed by atoms with Crippen LogP contribution in [-0.2, 0) is 0 Å². The van der Waals surface area contributed by atoms with Gasteiger partial charge in [0.1, 0.15) is 5.75 Å². The van der Waals surface area contributed by atoms with Gasteiger partial charge in [-0.2, -0.15) is 0 Å². The molecule has 1 atom stereocenters. The molecule has 0 bridgehead atoms. The molecule has 0 saturated carbocycles. The minimum atomic E-state index is -0.138. The molecule has 1 aromatic carbocycles. The zero-order valence-corrected chi connectivity index (χ0v) is 8.39. The van der Waals surface area contributed by atoms with Crippen molar-refractivity contribution in [3.05, 3.63) is 29.8 Å². The molecule has 1 aromatic rings. The number of nitrogens with zero attached hydrogens (tertiary/aromatic N) is 1. The van der Waals surface area contributed by atoms with Crippen LogP contribution >= 0.6 is 0 Å². The molecule has 0 aliphatic carbocycles. The van der Waals surface area contributed by atoms with Gasteiger partial charge in [0.25, 0.3) is 5.91 Å². The average molecular weight is 206 g/mol. The molecule has 1 aliphatic heterocycles. The van der Waals surface area contributed by atoms with Crippen molar-refractivity contribution in [1.29, 1.82) is 0 Å². The highest BCUT2D eigenvalue weighted by Gasteiger charge is 2.25. The van der Waals surface area contributed by atoms with E-state index in [0.717, 1.165) is 6.42 Å². The Hall–Kier alpha value is -1.55. The molecule has 80 valence electrons. The summed E-state index contributed by atoms with van der Waals surface area (Å²) < 4.78 is 0. The molecule has 1 fully saturated rings. The van der Waals surface area contributed by atoms with Gasteiger partial charge in [0, 0.05) is 19.1 Å². The van der Waals surface area contributed by atoms with Crippen molar-refractivity contribution >= 4 is 5.91 Å². The Bertz CT molecular complexity index is 379. The summed E-state index contributed by atoms with van der Waals surface area (Å²) in [5.41, 5.74) is 6.08. The normalized spacial score (nSPS) is 20.6. The van der Waals surface area contributed by atoms with Crippen LogP contribution in [0.2, 0.25) is 0 Å². The fourth-order valence-corrected chi connectivity index (χ4v) is 1.80. The first-order valence-electron chi connectivity index (χ1n) is 5.01. The molecule has 0 spiro atoms. The number of hydrogen-bond acceptors (Lipinski definition) is 3. The van der Waals surface area contributed by atoms with Crippen molar-refractivity contribution in [3.63, 3.8) is 0 Å². The molecule has 1 saturated heterocycles. The van der Waals surface area contributed by atoms with E-state index < -0.39 is 0 Å². The predicted octanol–water partition coefficient (Wildman–Crippen LogP) is 0.565. The van der Waals surface area contributed by atoms with Gasteiger partial charge in [-0.3, -0.25) is 4.79 Å². The highest BCUT2D eigenvalue weighted by molar-refractivity contribution is 5.96. The Morgan fingerprint density at radius 2 is 2.20 bits per heavy atom. The van der Waals surface area contributed by atoms with E-state index in [2.05, 4.69) is 0 Å². The summed E-state index contributed by atoms with van der Waals surface area (Å²) in [4.78, 5) is 13.6. The second-order valence-electron chi connectivity index (χ2n) is 3.82. The van der Waals surface area contributed by atoms with Crippen LogP contribution in [0.4, 0.5) is 0 Å². The first-order valence-corrected chi connectivity index (χ1v) is 5.01. The molecule has 1 aliphatic rings. The Balaban J connectivity index is 2.18. The lowest BCUT2D eigenvalue weighted by Crippen LogP contribution is -2.31. The van der Waals surface area contributed by atoms with Gasteiger partial charge >= 0.3 is 0 Å². The number of benzene rings is 1. The minimum Gasteiger partial charge on any atom is -0.507 e. The standard InChI is InChI=1S/C11H14N2O2/c12-8-5-6-13(7-8)11(15)9-3-1-2-4-10(9)14/h1-4,8,14H,5-7,12H2/t8-/m1/s1. The monoisotopic (exact) mass is 206 g/mol. The van der Waals surface area contributed by atoms with Crippen molar-refractivity contribution in [2.45, 2.75) is 12.5 Å². The minimum absolute atomic E-state index is 0.0305. The van der Waals surface area contributed by atoms with Crippen LogP contribution in [0.1, 0.15) is 16.8 Å². The number of amides is 1. The number of para-hydroxylation sites is 1. The van der Waals surface area contributed by atoms with Gasteiger partial charge in [0.15, 0.2) is 0 Å². The van der Waals surface area contributed by atoms with Crippen LogP contribution < -0.4 is 5.73 Å². The lowest BCUT2D eigenvalue weighted by molar-refractivity contribution is 0.0788. The topological polar surface area (TPSA) is 66.6 Å². The van der Waals surface area contributed by atoms with Crippen molar-refractivity contribution in [2.24, 2.45) is 5.73 Å². The van der Waals surface area contributed by atoms with Gasteiger partial charge in [-0.05, 0) is 18.6 Å². The van der Waals surface area contributed by atoms with Crippen LogP contribution in [0.3, 0.4) is 0 Å². The molecule has 0 radical (unpaired) electrons. The molecule has 15 heavy (non-hydrogen) atoms. The number of carbonyl (C=O) groups excluding carboxylic acids is 1. The Morgan fingerprint density at radius 1 is 1.47 bits per heavy atom. The zero-order chi connectivity index (χ0) is 10.8. The summed E-state index contributed by atoms with van der Waals surface area (Å²) in [5.74, 6) is -0.107. The van der Waals surface area contributed by atoms with E-state index in [1.165, 1.54) is 6.07 Å². The maximum absolute atomic E-state index is 11.9. The van der Waals surface area contributed by atoms with E-state index in [9.17, 15) is 9.90 Å². The summed E-state index contributed by atoms with van der Waals surface area (Å²) in [7, 11) is 0. The lowest BCUT2D eigenvalue weighted by atomic mass is 10.2. The molecule has 1 amide bonds. The van der Waals surface area contributed by atoms with Crippen LogP contribution in [0.15, 0.2) is 24.3 Å². The predicted molar refractivity (Wildman–Crippen MR) is 56.6 cm³/mol. The fourth-order valence-electron chi connectivity index (χ4n) is 1.80. The second kappa shape index (κ2) is 3.90. The first kappa shape index (κ1) is 9.98. The molecular formula is C11H14N2O2. The third kappa shape index (κ3) is 1.94. The van der Waals surface area contributed by atoms with Gasteiger partial charge < -0.3 is 15.7 Å². The van der Waals surface area contributed by atoms with Crippen LogP contribution in [-0.4, -0.2) is 35.0 Å². The maximum atomic E-state index is 11.9. The number of aromatic hydroxyl groups is 1. The largest absolute Gasteiger partial charge is 0.507 e. The molecule has 3 N–H and O–H groups in total. The van der Waals surface area contributed by atoms with Crippen molar-refractivity contribution in [3.8, 4) is 5.75 Å². The second-order valence-corrected chi connectivity index (χ2v) is 3.82. The summed E-state index contributed by atoms with van der Waals surface area (Å²) in [6, 6.07) is 6.65. The Morgan fingerprint density at radius 3 is 2.80 bits per heavy atom. The average Bonchev–Trinajstić information content (AvgIpc) is 2.65. The third-order valence-electron chi connectivity index (χ3n) is 2.65. The van der Waals surface area contributed by atoms with Crippen molar-refractivity contribution < 1.29 is 9.90 Å². The van der Waals surface area contributed by atoms with Crippen LogP contribution in [0.5, 0.6) is 5.75 Å². The lowest BCUT2D eigenvalue weighted by Gasteiger charge is -2.16. The van der Waals surface area contributed by atoms with Crippen LogP contribution in [0, 0.1) is 0 Å². The molecule has 0 aromatic heterocycles. The number of nitrogens with two attached hydrogens (primary N) is 1. The molecule has 2 rings (SSSR count). The molecule has 4 heteroatoms. The van der Waals surface area contributed by atoms with E-state index in [-0.39, 0.29) is 17.7 Å². The van der Waals surface area contributed by atoms with Crippen LogP contribution in [0.25, 0.3) is 0 Å². The van der Waals surface area contributed by atoms with E-state index >= 15 is 0 Å². The van der Waals surface area contributed by atoms with Crippen molar-refractivity contribution in [1.82, 2.24) is 4.90 Å². The van der Waals surface area contributed by atoms with Gasteiger partial charge in [-0.25, -0.2) is 0 Å². The van der Waals surface area contributed by atoms with Gasteiger partial charge in [0.05, 0.1) is 5.56 Å². The quantitative estimate of drug-likeness (QED) is 0.705. The Kier molecular flexibility index (Phi) is 2.60. The summed E-state index contributed by atoms with van der Waals surface area (Å²) in [5, 5.41) is 9.53. The van der Waals surface area contributed by atoms with Gasteiger partial charge in [-0.1, -0.05) is 12.1 Å². The summed E-state index contributed by atoms with van der Waals surface area (Å²) >= 11 is 0. The SMILES string of the molecule is N[C@@H]1CCN(C(=O)c2ccccc2O)C1. The highest BCUT2D eigenvalue weighted by Crippen LogP contribution is 2.19. The van der Waals surface area contributed by atoms with E-state index in [0.29, 0.717) is 18.7 Å². The summed E-state index contributed by atoms with van der Waals surface area (Å²) in [6.07, 6.45) is 0.833. The van der Waals surface area contributed by atoms with Gasteiger partial charge in [-0.15, -0.1) is 0 Å². The number of hydrogen-bond donors (Lipinski definition) is 2. The Labute approximate surface area is 88.3 Å². The molecular weight excluding hydrogens is 192 g/mol. The first-order chi connectivity index (χ1) is 7.18. The number of phenolic OH excluding ortho intramolecular Hbond substituents is 1. The van der Waals surface area contributed by atoms with E-state index in [4.69, 9.17) is 5.73 Å². The number of rotatable bonds is 1. The fraction of sp³-hybridized carbons (Fsp3) is 0.364. The number of carbonyl (C=O) groups is 1. The number of phenols is 1. The molecule has 1 heterocycles. The maximum Gasteiger partial charge on any atom is 0.257 e. The zero-order valence-electron chi connectivity index (χ0n) is 8.39. The third-order valence-corrected chi connectivity index (χ3v) is 2.65. The highest BCUT2D eigenvalue weighted by atomic mass is 16.3. The van der Waals surface area contributed by atoms with E-state index in [1.807, 2.05) is 0 Å². The van der Waals surface area contributed by atoms with Gasteiger partial charge in [0.2, 0.25) is 0 Å².